The van der Waals surface area contributed by atoms with E-state index in [2.05, 4.69) is 13.0 Å². The number of anilines is 1. The summed E-state index contributed by atoms with van der Waals surface area (Å²) in [6.45, 7) is 4.11. The number of nitrogens with zero attached hydrogens (tertiary/aromatic N) is 1. The van der Waals surface area contributed by atoms with Gasteiger partial charge in [0.25, 0.3) is 0 Å². The number of hydrogen-bond acceptors (Lipinski definition) is 2. The van der Waals surface area contributed by atoms with Crippen LogP contribution in [0.5, 0.6) is 0 Å². The molecule has 0 atom stereocenters. The Morgan fingerprint density at radius 1 is 1.09 bits per heavy atom. The van der Waals surface area contributed by atoms with Gasteiger partial charge in [-0.15, -0.1) is 0 Å². The van der Waals surface area contributed by atoms with Crippen molar-refractivity contribution in [2.24, 2.45) is 0 Å². The summed E-state index contributed by atoms with van der Waals surface area (Å²) < 4.78 is 5.68. The van der Waals surface area contributed by atoms with Crippen LogP contribution >= 0.6 is 0 Å². The average Bonchev–Trinajstić information content (AvgIpc) is 2.94. The van der Waals surface area contributed by atoms with Crippen LogP contribution in [0.4, 0.5) is 5.69 Å². The molecular weight excluding hydrogens is 274 g/mol. The van der Waals surface area contributed by atoms with Crippen LogP contribution in [-0.2, 0) is 11.2 Å². The predicted octanol–water partition coefficient (Wildman–Crippen LogP) is 4.26. The van der Waals surface area contributed by atoms with Crippen molar-refractivity contribution in [2.45, 2.75) is 20.3 Å². The van der Waals surface area contributed by atoms with E-state index in [1.165, 1.54) is 5.56 Å². The maximum atomic E-state index is 12.5. The van der Waals surface area contributed by atoms with E-state index in [9.17, 15) is 4.79 Å². The minimum Gasteiger partial charge on any atom is -0.464 e. The molecule has 0 radical (unpaired) electrons. The fourth-order valence-electron chi connectivity index (χ4n) is 2.60. The molecule has 112 valence electrons. The molecule has 3 aromatic rings. The number of likely N-dealkylation sites (N-methyl/N-ethyl adjacent to an activating group) is 1. The highest BCUT2D eigenvalue weighted by molar-refractivity contribution is 5.97. The molecule has 0 spiro atoms. The number of aryl methyl sites for hydroxylation is 2. The molecule has 0 aliphatic rings. The van der Waals surface area contributed by atoms with Crippen LogP contribution in [0.25, 0.3) is 11.0 Å². The van der Waals surface area contributed by atoms with E-state index in [0.717, 1.165) is 27.8 Å². The molecule has 3 heteroatoms. The van der Waals surface area contributed by atoms with Gasteiger partial charge in [0.1, 0.15) is 5.58 Å². The monoisotopic (exact) mass is 293 g/mol. The summed E-state index contributed by atoms with van der Waals surface area (Å²) >= 11 is 0. The van der Waals surface area contributed by atoms with E-state index >= 15 is 0 Å². The minimum atomic E-state index is 0.0483. The second-order valence-corrected chi connectivity index (χ2v) is 5.61. The van der Waals surface area contributed by atoms with E-state index in [1.54, 1.807) is 18.2 Å². The van der Waals surface area contributed by atoms with Crippen molar-refractivity contribution in [1.29, 1.82) is 0 Å². The summed E-state index contributed by atoms with van der Waals surface area (Å²) in [5.41, 5.74) is 5.04. The van der Waals surface area contributed by atoms with E-state index in [4.69, 9.17) is 4.42 Å². The summed E-state index contributed by atoms with van der Waals surface area (Å²) in [5.74, 6) is 0.0483. The van der Waals surface area contributed by atoms with Crippen LogP contribution in [-0.4, -0.2) is 13.0 Å². The number of para-hydroxylation sites is 1. The highest BCUT2D eigenvalue weighted by atomic mass is 16.3. The van der Waals surface area contributed by atoms with Crippen molar-refractivity contribution in [3.63, 3.8) is 0 Å². The fourth-order valence-corrected chi connectivity index (χ4v) is 2.60. The zero-order chi connectivity index (χ0) is 15.7. The van der Waals surface area contributed by atoms with Gasteiger partial charge in [-0.3, -0.25) is 4.79 Å². The van der Waals surface area contributed by atoms with Gasteiger partial charge in [-0.25, -0.2) is 0 Å². The molecule has 3 nitrogen and oxygen atoms in total. The lowest BCUT2D eigenvalue weighted by atomic mass is 10.0. The Bertz CT molecular complexity index is 818. The smallest absolute Gasteiger partial charge is 0.231 e. The van der Waals surface area contributed by atoms with Crippen LogP contribution in [0.2, 0.25) is 0 Å². The molecular formula is C19H19NO2. The van der Waals surface area contributed by atoms with Crippen LogP contribution < -0.4 is 4.90 Å². The fraction of sp³-hybridized carbons (Fsp3) is 0.211. The van der Waals surface area contributed by atoms with Gasteiger partial charge in [0.2, 0.25) is 5.91 Å². The lowest BCUT2D eigenvalue weighted by Crippen LogP contribution is -2.27. The lowest BCUT2D eigenvalue weighted by molar-refractivity contribution is -0.117. The summed E-state index contributed by atoms with van der Waals surface area (Å²) in [6.07, 6.45) is 2.04. The summed E-state index contributed by atoms with van der Waals surface area (Å²) in [6, 6.07) is 13.8. The van der Waals surface area contributed by atoms with Crippen molar-refractivity contribution in [3.8, 4) is 0 Å². The van der Waals surface area contributed by atoms with Gasteiger partial charge in [0.15, 0.2) is 0 Å². The van der Waals surface area contributed by atoms with Gasteiger partial charge in [-0.05, 0) is 37.1 Å². The van der Waals surface area contributed by atoms with E-state index in [1.807, 2.05) is 43.3 Å². The first kappa shape index (κ1) is 14.4. The van der Waals surface area contributed by atoms with Gasteiger partial charge in [-0.2, -0.15) is 0 Å². The zero-order valence-corrected chi connectivity index (χ0v) is 13.1. The molecule has 0 aliphatic carbocycles. The van der Waals surface area contributed by atoms with Crippen molar-refractivity contribution in [3.05, 3.63) is 65.4 Å². The van der Waals surface area contributed by atoms with E-state index < -0.39 is 0 Å². The Morgan fingerprint density at radius 2 is 1.82 bits per heavy atom. The Morgan fingerprint density at radius 3 is 2.55 bits per heavy atom. The quantitative estimate of drug-likeness (QED) is 0.723. The van der Waals surface area contributed by atoms with E-state index in [0.29, 0.717) is 6.42 Å². The van der Waals surface area contributed by atoms with Crippen molar-refractivity contribution in [2.75, 3.05) is 11.9 Å². The first-order chi connectivity index (χ1) is 10.6. The second kappa shape index (κ2) is 5.68. The molecule has 0 saturated heterocycles. The van der Waals surface area contributed by atoms with Crippen LogP contribution in [0.15, 0.2) is 53.1 Å². The molecule has 0 aliphatic heterocycles. The summed E-state index contributed by atoms with van der Waals surface area (Å²) in [7, 11) is 1.80. The Kier molecular flexibility index (Phi) is 3.72. The van der Waals surface area contributed by atoms with Crippen molar-refractivity contribution >= 4 is 22.6 Å². The average molecular weight is 293 g/mol. The third kappa shape index (κ3) is 2.50. The molecule has 2 aromatic carbocycles. The van der Waals surface area contributed by atoms with Crippen molar-refractivity contribution in [1.82, 2.24) is 0 Å². The van der Waals surface area contributed by atoms with Gasteiger partial charge in [-0.1, -0.05) is 30.3 Å². The maximum Gasteiger partial charge on any atom is 0.231 e. The molecule has 0 unspecified atom stereocenters. The van der Waals surface area contributed by atoms with Crippen LogP contribution in [0.1, 0.15) is 16.7 Å². The topological polar surface area (TPSA) is 33.5 Å². The highest BCUT2D eigenvalue weighted by Crippen LogP contribution is 2.27. The number of amides is 1. The lowest BCUT2D eigenvalue weighted by Gasteiger charge is -2.16. The molecule has 22 heavy (non-hydrogen) atoms. The number of furan rings is 1. The highest BCUT2D eigenvalue weighted by Gasteiger charge is 2.16. The third-order valence-electron chi connectivity index (χ3n) is 4.20. The number of rotatable bonds is 3. The largest absolute Gasteiger partial charge is 0.464 e. The number of hydrogen-bond donors (Lipinski definition) is 0. The number of carbonyl (C=O) groups is 1. The Hall–Kier alpha value is -2.55. The molecule has 1 aromatic heterocycles. The molecule has 0 N–H and O–H groups in total. The first-order valence-corrected chi connectivity index (χ1v) is 7.36. The zero-order valence-electron chi connectivity index (χ0n) is 13.1. The minimum absolute atomic E-state index is 0.0483. The predicted molar refractivity (Wildman–Crippen MR) is 89.2 cm³/mol. The van der Waals surface area contributed by atoms with Crippen molar-refractivity contribution < 1.29 is 9.21 Å². The van der Waals surface area contributed by atoms with Gasteiger partial charge in [0, 0.05) is 23.7 Å². The summed E-state index contributed by atoms with van der Waals surface area (Å²) in [5, 5.41) is 1.03. The van der Waals surface area contributed by atoms with Gasteiger partial charge >= 0.3 is 0 Å². The molecule has 0 saturated carbocycles. The second-order valence-electron chi connectivity index (χ2n) is 5.61. The van der Waals surface area contributed by atoms with Gasteiger partial charge in [0.05, 0.1) is 12.7 Å². The third-order valence-corrected chi connectivity index (χ3v) is 4.20. The standard InChI is InChI=1S/C19H19NO2/c1-13-9-10-17-15(12-22-19(17)14(13)2)11-18(21)20(3)16-7-5-4-6-8-16/h4-10,12H,11H2,1-3H3. The number of fused-ring (bicyclic) bond motifs is 1. The van der Waals surface area contributed by atoms with Crippen LogP contribution in [0.3, 0.4) is 0 Å². The number of carbonyl (C=O) groups excluding carboxylic acids is 1. The molecule has 1 heterocycles. The summed E-state index contributed by atoms with van der Waals surface area (Å²) in [4.78, 5) is 14.2. The molecule has 3 rings (SSSR count). The Labute approximate surface area is 130 Å². The van der Waals surface area contributed by atoms with Gasteiger partial charge < -0.3 is 9.32 Å². The van der Waals surface area contributed by atoms with Crippen LogP contribution in [0, 0.1) is 13.8 Å². The first-order valence-electron chi connectivity index (χ1n) is 7.36. The molecule has 1 amide bonds. The maximum absolute atomic E-state index is 12.5. The van der Waals surface area contributed by atoms with E-state index in [-0.39, 0.29) is 5.91 Å². The SMILES string of the molecule is Cc1ccc2c(CC(=O)N(C)c3ccccc3)coc2c1C. The molecule has 0 bridgehead atoms. The molecule has 0 fully saturated rings. The normalized spacial score (nSPS) is 10.9. The number of benzene rings is 2. The Balaban J connectivity index is 1.87.